The second-order valence-corrected chi connectivity index (χ2v) is 9.16. The quantitative estimate of drug-likeness (QED) is 0.793. The fourth-order valence-corrected chi connectivity index (χ4v) is 5.43. The molecule has 0 aliphatic carbocycles. The van der Waals surface area contributed by atoms with Crippen molar-refractivity contribution >= 4 is 38.9 Å². The fraction of sp³-hybridized carbons (Fsp3) is 0.350. The van der Waals surface area contributed by atoms with Crippen molar-refractivity contribution in [2.75, 3.05) is 29.3 Å². The first-order valence-electron chi connectivity index (χ1n) is 9.01. The number of aryl methyl sites for hydroxylation is 2. The molecule has 0 radical (unpaired) electrons. The Morgan fingerprint density at radius 1 is 1.07 bits per heavy atom. The molecule has 150 valence electrons. The highest BCUT2D eigenvalue weighted by atomic mass is 35.5. The fourth-order valence-electron chi connectivity index (χ4n) is 3.46. The zero-order chi connectivity index (χ0) is 20.6. The number of hydrogen-bond donors (Lipinski definition) is 2. The molecule has 0 bridgehead atoms. The summed E-state index contributed by atoms with van der Waals surface area (Å²) in [5.74, 6) is -0.0622. The van der Waals surface area contributed by atoms with Crippen molar-refractivity contribution in [2.24, 2.45) is 0 Å². The summed E-state index contributed by atoms with van der Waals surface area (Å²) in [5.41, 5.74) is 4.42. The van der Waals surface area contributed by atoms with Crippen LogP contribution in [0.4, 0.5) is 11.4 Å². The van der Waals surface area contributed by atoms with Crippen LogP contribution in [0.1, 0.15) is 22.3 Å². The number of hydrogen-bond acceptors (Lipinski definition) is 4. The van der Waals surface area contributed by atoms with Crippen LogP contribution in [0.2, 0.25) is 5.02 Å². The molecular formula is C20H24ClN3O3S. The van der Waals surface area contributed by atoms with E-state index in [-0.39, 0.29) is 12.5 Å². The molecule has 6 nitrogen and oxygen atoms in total. The smallest absolute Gasteiger partial charge is 0.262 e. The third kappa shape index (κ3) is 3.95. The summed E-state index contributed by atoms with van der Waals surface area (Å²) in [5, 5.41) is 3.16. The lowest BCUT2D eigenvalue weighted by Gasteiger charge is -2.29. The average molecular weight is 422 g/mol. The molecule has 2 aromatic carbocycles. The molecule has 8 heteroatoms. The summed E-state index contributed by atoms with van der Waals surface area (Å²) in [6.45, 7) is 8.86. The number of sulfonamides is 1. The summed E-state index contributed by atoms with van der Waals surface area (Å²) >= 11 is 6.39. The maximum atomic E-state index is 13.1. The van der Waals surface area contributed by atoms with E-state index in [1.807, 2.05) is 38.7 Å². The Morgan fingerprint density at radius 2 is 1.71 bits per heavy atom. The maximum absolute atomic E-state index is 13.1. The second kappa shape index (κ2) is 7.64. The summed E-state index contributed by atoms with van der Waals surface area (Å²) < 4.78 is 28.8. The van der Waals surface area contributed by atoms with E-state index >= 15 is 0 Å². The van der Waals surface area contributed by atoms with Gasteiger partial charge in [0, 0.05) is 13.1 Å². The monoisotopic (exact) mass is 421 g/mol. The zero-order valence-corrected chi connectivity index (χ0v) is 18.0. The lowest BCUT2D eigenvalue weighted by Crippen LogP contribution is -2.47. The molecule has 1 saturated heterocycles. The molecular weight excluding hydrogens is 398 g/mol. The highest BCUT2D eigenvalue weighted by molar-refractivity contribution is 7.92. The molecule has 2 aromatic rings. The first-order chi connectivity index (χ1) is 13.1. The van der Waals surface area contributed by atoms with Gasteiger partial charge in [-0.3, -0.25) is 9.52 Å². The van der Waals surface area contributed by atoms with Crippen LogP contribution in [0.15, 0.2) is 29.2 Å². The van der Waals surface area contributed by atoms with Gasteiger partial charge in [-0.2, -0.15) is 0 Å². The standard InChI is InChI=1S/C20H24ClN3O3S/c1-12-9-13(2)15(4)20(14(12)3)28(26,27)23-16-5-6-18(17(21)10-16)24-8-7-22-19(25)11-24/h5-6,9-10,23H,7-8,11H2,1-4H3,(H,22,25). The van der Waals surface area contributed by atoms with Crippen molar-refractivity contribution in [3.8, 4) is 0 Å². The summed E-state index contributed by atoms with van der Waals surface area (Å²) in [4.78, 5) is 13.8. The highest BCUT2D eigenvalue weighted by Gasteiger charge is 2.23. The van der Waals surface area contributed by atoms with Gasteiger partial charge in [-0.05, 0) is 68.1 Å². The molecule has 2 N–H and O–H groups in total. The molecule has 1 aliphatic heterocycles. The minimum atomic E-state index is -3.77. The summed E-state index contributed by atoms with van der Waals surface area (Å²) in [7, 11) is -3.77. The van der Waals surface area contributed by atoms with Crippen LogP contribution in [0.25, 0.3) is 0 Å². The van der Waals surface area contributed by atoms with Crippen LogP contribution < -0.4 is 14.9 Å². The van der Waals surface area contributed by atoms with Crippen LogP contribution in [0.3, 0.4) is 0 Å². The van der Waals surface area contributed by atoms with Gasteiger partial charge in [-0.25, -0.2) is 8.42 Å². The topological polar surface area (TPSA) is 78.5 Å². The van der Waals surface area contributed by atoms with Gasteiger partial charge in [0.1, 0.15) is 0 Å². The third-order valence-electron chi connectivity index (χ3n) is 5.14. The summed E-state index contributed by atoms with van der Waals surface area (Å²) in [6, 6.07) is 6.97. The lowest BCUT2D eigenvalue weighted by atomic mass is 10.0. The van der Waals surface area contributed by atoms with Gasteiger partial charge in [-0.15, -0.1) is 0 Å². The normalized spacial score (nSPS) is 14.8. The molecule has 0 saturated carbocycles. The van der Waals surface area contributed by atoms with E-state index in [0.717, 1.165) is 22.3 Å². The van der Waals surface area contributed by atoms with Crippen LogP contribution in [-0.4, -0.2) is 34.0 Å². The van der Waals surface area contributed by atoms with Crippen molar-refractivity contribution < 1.29 is 13.2 Å². The Kier molecular flexibility index (Phi) is 5.59. The van der Waals surface area contributed by atoms with Crippen molar-refractivity contribution in [3.05, 3.63) is 51.5 Å². The minimum absolute atomic E-state index is 0.0622. The molecule has 1 aliphatic rings. The van der Waals surface area contributed by atoms with Crippen LogP contribution in [0.5, 0.6) is 0 Å². The van der Waals surface area contributed by atoms with E-state index in [0.29, 0.717) is 34.4 Å². The number of halogens is 1. The van der Waals surface area contributed by atoms with E-state index in [1.54, 1.807) is 18.2 Å². The molecule has 0 atom stereocenters. The highest BCUT2D eigenvalue weighted by Crippen LogP contribution is 2.32. The van der Waals surface area contributed by atoms with E-state index < -0.39 is 10.0 Å². The zero-order valence-electron chi connectivity index (χ0n) is 16.4. The number of nitrogens with zero attached hydrogens (tertiary/aromatic N) is 1. The molecule has 0 unspecified atom stereocenters. The third-order valence-corrected chi connectivity index (χ3v) is 7.10. The van der Waals surface area contributed by atoms with Crippen LogP contribution >= 0.6 is 11.6 Å². The SMILES string of the molecule is Cc1cc(C)c(C)c(S(=O)(=O)Nc2ccc(N3CCNC(=O)C3)c(Cl)c2)c1C. The molecule has 0 spiro atoms. The van der Waals surface area contributed by atoms with E-state index in [9.17, 15) is 13.2 Å². The van der Waals surface area contributed by atoms with Crippen LogP contribution in [0, 0.1) is 27.7 Å². The number of carbonyl (C=O) groups is 1. The van der Waals surface area contributed by atoms with Crippen LogP contribution in [-0.2, 0) is 14.8 Å². The lowest BCUT2D eigenvalue weighted by molar-refractivity contribution is -0.120. The predicted octanol–water partition coefficient (Wildman–Crippen LogP) is 3.31. The molecule has 1 amide bonds. The maximum Gasteiger partial charge on any atom is 0.262 e. The van der Waals surface area contributed by atoms with E-state index in [4.69, 9.17) is 11.6 Å². The Balaban J connectivity index is 1.92. The summed E-state index contributed by atoms with van der Waals surface area (Å²) in [6.07, 6.45) is 0. The number of nitrogens with one attached hydrogen (secondary N) is 2. The predicted molar refractivity (Wildman–Crippen MR) is 113 cm³/mol. The number of amides is 1. The largest absolute Gasteiger partial charge is 0.359 e. The van der Waals surface area contributed by atoms with Crippen molar-refractivity contribution in [1.29, 1.82) is 0 Å². The first kappa shape index (κ1) is 20.5. The Morgan fingerprint density at radius 3 is 2.29 bits per heavy atom. The van der Waals surface area contributed by atoms with Gasteiger partial charge in [0.05, 0.1) is 27.8 Å². The second-order valence-electron chi connectivity index (χ2n) is 7.13. The van der Waals surface area contributed by atoms with E-state index in [1.165, 1.54) is 0 Å². The molecule has 1 heterocycles. The van der Waals surface area contributed by atoms with Crippen molar-refractivity contribution in [3.63, 3.8) is 0 Å². The van der Waals surface area contributed by atoms with Gasteiger partial charge in [-0.1, -0.05) is 17.7 Å². The van der Waals surface area contributed by atoms with E-state index in [2.05, 4.69) is 10.0 Å². The number of benzene rings is 2. The Hall–Kier alpha value is -2.25. The van der Waals surface area contributed by atoms with Crippen molar-refractivity contribution in [2.45, 2.75) is 32.6 Å². The van der Waals surface area contributed by atoms with Gasteiger partial charge in [0.25, 0.3) is 10.0 Å². The Labute approximate surface area is 170 Å². The first-order valence-corrected chi connectivity index (χ1v) is 10.9. The molecule has 1 fully saturated rings. The number of anilines is 2. The van der Waals surface area contributed by atoms with Crippen molar-refractivity contribution in [1.82, 2.24) is 5.32 Å². The van der Waals surface area contributed by atoms with Gasteiger partial charge in [0.15, 0.2) is 0 Å². The number of piperazine rings is 1. The molecule has 0 aromatic heterocycles. The Bertz CT molecular complexity index is 1020. The molecule has 28 heavy (non-hydrogen) atoms. The minimum Gasteiger partial charge on any atom is -0.359 e. The average Bonchev–Trinajstić information content (AvgIpc) is 2.59. The number of rotatable bonds is 4. The number of carbonyl (C=O) groups excluding carboxylic acids is 1. The van der Waals surface area contributed by atoms with Gasteiger partial charge in [0.2, 0.25) is 5.91 Å². The molecule has 3 rings (SSSR count). The van der Waals surface area contributed by atoms with Gasteiger partial charge < -0.3 is 10.2 Å². The van der Waals surface area contributed by atoms with Gasteiger partial charge >= 0.3 is 0 Å².